The summed E-state index contributed by atoms with van der Waals surface area (Å²) in [7, 11) is 0. The van der Waals surface area contributed by atoms with Gasteiger partial charge in [-0.2, -0.15) is 0 Å². The summed E-state index contributed by atoms with van der Waals surface area (Å²) in [4.78, 5) is 18.6. The lowest BCUT2D eigenvalue weighted by molar-refractivity contribution is -0.180. The van der Waals surface area contributed by atoms with E-state index < -0.39 is 5.79 Å². The molecule has 1 aromatic carbocycles. The molecule has 0 radical (unpaired) electrons. The predicted molar refractivity (Wildman–Crippen MR) is 71.4 cm³/mol. The first-order valence-corrected chi connectivity index (χ1v) is 6.46. The van der Waals surface area contributed by atoms with Crippen molar-refractivity contribution in [1.82, 2.24) is 4.98 Å². The highest BCUT2D eigenvalue weighted by molar-refractivity contribution is 6.10. The van der Waals surface area contributed by atoms with Crippen molar-refractivity contribution >= 4 is 17.4 Å². The molecule has 0 bridgehead atoms. The molecule has 0 N–H and O–H groups in total. The minimum Gasteiger partial charge on any atom is -0.336 e. The summed E-state index contributed by atoms with van der Waals surface area (Å²) in [6.45, 7) is 0.826. The lowest BCUT2D eigenvalue weighted by Crippen LogP contribution is -2.39. The van der Waals surface area contributed by atoms with E-state index in [4.69, 9.17) is 9.47 Å². The van der Waals surface area contributed by atoms with Gasteiger partial charge in [0.05, 0.1) is 18.9 Å². The van der Waals surface area contributed by atoms with Crippen LogP contribution in [0.25, 0.3) is 0 Å². The molecule has 100 valence electrons. The molecule has 3 heterocycles. The number of ether oxygens (including phenoxy) is 2. The molecule has 0 atom stereocenters. The van der Waals surface area contributed by atoms with Crippen LogP contribution in [-0.2, 0) is 20.1 Å². The van der Waals surface area contributed by atoms with E-state index in [0.29, 0.717) is 19.0 Å². The smallest absolute Gasteiger partial charge is 0.298 e. The molecule has 0 aliphatic carbocycles. The Kier molecular flexibility index (Phi) is 2.39. The molecule has 0 unspecified atom stereocenters. The second-order valence-electron chi connectivity index (χ2n) is 4.66. The normalized spacial score (nSPS) is 19.6. The third-order valence-corrected chi connectivity index (χ3v) is 3.56. The number of hydrogen-bond donors (Lipinski definition) is 0. The molecule has 20 heavy (non-hydrogen) atoms. The Morgan fingerprint density at radius 3 is 2.55 bits per heavy atom. The van der Waals surface area contributed by atoms with Crippen molar-refractivity contribution < 1.29 is 14.3 Å². The standard InChI is InChI=1S/C15H12N2O3/c18-14-15(19-9-10-20-15)11-5-1-2-6-12(11)17(14)13-7-3-4-8-16-13/h1-8H,9-10H2. The van der Waals surface area contributed by atoms with Gasteiger partial charge in [0.1, 0.15) is 5.82 Å². The highest BCUT2D eigenvalue weighted by Crippen LogP contribution is 2.47. The molecular weight excluding hydrogens is 256 g/mol. The van der Waals surface area contributed by atoms with Crippen LogP contribution in [0.2, 0.25) is 0 Å². The number of benzene rings is 1. The van der Waals surface area contributed by atoms with Crippen molar-refractivity contribution in [2.45, 2.75) is 5.79 Å². The number of amides is 1. The topological polar surface area (TPSA) is 51.7 Å². The SMILES string of the molecule is O=C1N(c2ccccn2)c2ccccc2C12OCCO2. The summed E-state index contributed by atoms with van der Waals surface area (Å²) in [6, 6.07) is 13.0. The number of fused-ring (bicyclic) bond motifs is 2. The zero-order chi connectivity index (χ0) is 13.6. The van der Waals surface area contributed by atoms with Gasteiger partial charge in [0.15, 0.2) is 0 Å². The molecule has 1 amide bonds. The zero-order valence-corrected chi connectivity index (χ0v) is 10.7. The van der Waals surface area contributed by atoms with Gasteiger partial charge in [-0.25, -0.2) is 4.98 Å². The number of rotatable bonds is 1. The van der Waals surface area contributed by atoms with E-state index in [1.165, 1.54) is 0 Å². The van der Waals surface area contributed by atoms with Gasteiger partial charge in [-0.05, 0) is 18.2 Å². The van der Waals surface area contributed by atoms with Crippen molar-refractivity contribution in [3.63, 3.8) is 0 Å². The molecule has 1 spiro atoms. The third kappa shape index (κ3) is 1.39. The fraction of sp³-hybridized carbons (Fsp3) is 0.200. The summed E-state index contributed by atoms with van der Waals surface area (Å²) in [5.74, 6) is -0.968. The fourth-order valence-corrected chi connectivity index (χ4v) is 2.72. The maximum atomic E-state index is 12.8. The number of carbonyl (C=O) groups excluding carboxylic acids is 1. The van der Waals surface area contributed by atoms with E-state index in [0.717, 1.165) is 11.3 Å². The molecule has 1 fully saturated rings. The largest absolute Gasteiger partial charge is 0.336 e. The third-order valence-electron chi connectivity index (χ3n) is 3.56. The first-order valence-electron chi connectivity index (χ1n) is 6.46. The maximum absolute atomic E-state index is 12.8. The van der Waals surface area contributed by atoms with Crippen LogP contribution in [0.4, 0.5) is 11.5 Å². The molecule has 0 saturated carbocycles. The van der Waals surface area contributed by atoms with Crippen LogP contribution in [0.15, 0.2) is 48.7 Å². The minimum atomic E-state index is -1.30. The highest BCUT2D eigenvalue weighted by atomic mass is 16.7. The first kappa shape index (κ1) is 11.6. The van der Waals surface area contributed by atoms with Gasteiger partial charge in [-0.1, -0.05) is 24.3 Å². The van der Waals surface area contributed by atoms with Crippen LogP contribution in [0.3, 0.4) is 0 Å². The summed E-state index contributed by atoms with van der Waals surface area (Å²) in [6.07, 6.45) is 1.66. The monoisotopic (exact) mass is 268 g/mol. The van der Waals surface area contributed by atoms with Gasteiger partial charge in [-0.15, -0.1) is 0 Å². The van der Waals surface area contributed by atoms with E-state index in [1.807, 2.05) is 36.4 Å². The van der Waals surface area contributed by atoms with Crippen molar-refractivity contribution in [2.75, 3.05) is 18.1 Å². The van der Waals surface area contributed by atoms with Crippen LogP contribution in [0, 0.1) is 0 Å². The number of carbonyl (C=O) groups is 1. The summed E-state index contributed by atoms with van der Waals surface area (Å²) >= 11 is 0. The zero-order valence-electron chi connectivity index (χ0n) is 10.7. The number of hydrogen-bond acceptors (Lipinski definition) is 4. The Morgan fingerprint density at radius 2 is 1.80 bits per heavy atom. The lowest BCUT2D eigenvalue weighted by Gasteiger charge is -2.21. The van der Waals surface area contributed by atoms with E-state index in [-0.39, 0.29) is 5.91 Å². The average Bonchev–Trinajstić information content (AvgIpc) is 3.07. The quantitative estimate of drug-likeness (QED) is 0.793. The Balaban J connectivity index is 1.92. The Hall–Kier alpha value is -2.24. The van der Waals surface area contributed by atoms with Crippen LogP contribution in [-0.4, -0.2) is 24.1 Å². The van der Waals surface area contributed by atoms with Gasteiger partial charge in [0.2, 0.25) is 0 Å². The van der Waals surface area contributed by atoms with Crippen molar-refractivity contribution in [3.8, 4) is 0 Å². The molecule has 1 aromatic heterocycles. The average molecular weight is 268 g/mol. The van der Waals surface area contributed by atoms with Crippen molar-refractivity contribution in [1.29, 1.82) is 0 Å². The summed E-state index contributed by atoms with van der Waals surface area (Å²) < 4.78 is 11.3. The first-order chi connectivity index (χ1) is 9.83. The Morgan fingerprint density at radius 1 is 1.05 bits per heavy atom. The van der Waals surface area contributed by atoms with Crippen molar-refractivity contribution in [3.05, 3.63) is 54.2 Å². The number of para-hydroxylation sites is 1. The van der Waals surface area contributed by atoms with E-state index in [9.17, 15) is 4.79 Å². The predicted octanol–water partition coefficient (Wildman–Crippen LogP) is 1.96. The Bertz CT molecular complexity index is 666. The molecule has 1 saturated heterocycles. The van der Waals surface area contributed by atoms with Crippen LogP contribution >= 0.6 is 0 Å². The fourth-order valence-electron chi connectivity index (χ4n) is 2.72. The number of nitrogens with zero attached hydrogens (tertiary/aromatic N) is 2. The summed E-state index contributed by atoms with van der Waals surface area (Å²) in [5.41, 5.74) is 1.51. The van der Waals surface area contributed by atoms with E-state index in [2.05, 4.69) is 4.98 Å². The lowest BCUT2D eigenvalue weighted by atomic mass is 10.1. The highest BCUT2D eigenvalue weighted by Gasteiger charge is 2.56. The number of anilines is 2. The number of pyridine rings is 1. The molecule has 4 rings (SSSR count). The van der Waals surface area contributed by atoms with Gasteiger partial charge in [0, 0.05) is 11.8 Å². The summed E-state index contributed by atoms with van der Waals surface area (Å²) in [5, 5.41) is 0. The van der Waals surface area contributed by atoms with Crippen molar-refractivity contribution in [2.24, 2.45) is 0 Å². The second kappa shape index (κ2) is 4.13. The molecule has 2 aliphatic heterocycles. The second-order valence-corrected chi connectivity index (χ2v) is 4.66. The Labute approximate surface area is 115 Å². The molecule has 2 aromatic rings. The van der Waals surface area contributed by atoms with Gasteiger partial charge >= 0.3 is 0 Å². The number of aromatic nitrogens is 1. The van der Waals surface area contributed by atoms with Crippen LogP contribution < -0.4 is 4.90 Å². The van der Waals surface area contributed by atoms with E-state index >= 15 is 0 Å². The maximum Gasteiger partial charge on any atom is 0.298 e. The van der Waals surface area contributed by atoms with Gasteiger partial charge in [0.25, 0.3) is 11.7 Å². The van der Waals surface area contributed by atoms with Crippen LogP contribution in [0.5, 0.6) is 0 Å². The van der Waals surface area contributed by atoms with Crippen LogP contribution in [0.1, 0.15) is 5.56 Å². The molecule has 5 nitrogen and oxygen atoms in total. The van der Waals surface area contributed by atoms with Gasteiger partial charge < -0.3 is 9.47 Å². The van der Waals surface area contributed by atoms with E-state index in [1.54, 1.807) is 17.2 Å². The van der Waals surface area contributed by atoms with Gasteiger partial charge in [-0.3, -0.25) is 9.69 Å². The minimum absolute atomic E-state index is 0.241. The molecule has 5 heteroatoms. The molecular formula is C15H12N2O3. The molecule has 2 aliphatic rings.